The molecule has 1 aliphatic heterocycles. The normalized spacial score (nSPS) is 30.1. The molecule has 0 aromatic heterocycles. The van der Waals surface area contributed by atoms with Crippen molar-refractivity contribution in [3.8, 4) is 0 Å². The van der Waals surface area contributed by atoms with Gasteiger partial charge in [-0.1, -0.05) is 0 Å². The molecule has 1 saturated heterocycles. The molecule has 1 fully saturated rings. The summed E-state index contributed by atoms with van der Waals surface area (Å²) >= 11 is 0. The molecule has 0 aromatic carbocycles. The fraction of sp³-hybridized carbons (Fsp3) is 0.600. The van der Waals surface area contributed by atoms with Crippen molar-refractivity contribution in [2.75, 3.05) is 6.61 Å². The van der Waals surface area contributed by atoms with Gasteiger partial charge in [-0.2, -0.15) is 0 Å². The summed E-state index contributed by atoms with van der Waals surface area (Å²) in [5, 5.41) is 0. The minimum Gasteiger partial charge on any atom is -0.463 e. The zero-order valence-corrected chi connectivity index (χ0v) is 8.98. The molecule has 1 rings (SSSR count). The summed E-state index contributed by atoms with van der Waals surface area (Å²) < 4.78 is 14.4. The lowest BCUT2D eigenvalue weighted by molar-refractivity contribution is -0.137. The van der Waals surface area contributed by atoms with E-state index < -0.39 is 23.8 Å². The molecular formula is C10H14O5. The molecule has 1 heterocycles. The molecule has 5 heteroatoms. The van der Waals surface area contributed by atoms with Crippen molar-refractivity contribution >= 4 is 12.1 Å². The Balaban J connectivity index is 2.64. The first-order valence-electron chi connectivity index (χ1n) is 4.73. The number of carbonyl (C=O) groups is 2. The quantitative estimate of drug-likeness (QED) is 0.525. The van der Waals surface area contributed by atoms with Crippen LogP contribution in [-0.4, -0.2) is 30.4 Å². The molecule has 0 amide bonds. The molecular weight excluding hydrogens is 200 g/mol. The van der Waals surface area contributed by atoms with E-state index in [1.807, 2.05) is 0 Å². The van der Waals surface area contributed by atoms with Gasteiger partial charge in [0.05, 0.1) is 6.61 Å². The maximum atomic E-state index is 11.0. The first kappa shape index (κ1) is 11.6. The van der Waals surface area contributed by atoms with Gasteiger partial charge >= 0.3 is 12.1 Å². The van der Waals surface area contributed by atoms with E-state index >= 15 is 0 Å². The summed E-state index contributed by atoms with van der Waals surface area (Å²) in [6.45, 7) is 5.39. The van der Waals surface area contributed by atoms with Crippen molar-refractivity contribution < 1.29 is 23.8 Å². The summed E-state index contributed by atoms with van der Waals surface area (Å²) in [7, 11) is 0. The maximum absolute atomic E-state index is 11.0. The largest absolute Gasteiger partial charge is 0.509 e. The zero-order valence-electron chi connectivity index (χ0n) is 8.98. The molecule has 0 aromatic rings. The lowest BCUT2D eigenvalue weighted by Gasteiger charge is -2.19. The lowest BCUT2D eigenvalue weighted by atomic mass is 10.0. The van der Waals surface area contributed by atoms with Gasteiger partial charge in [-0.25, -0.2) is 9.59 Å². The van der Waals surface area contributed by atoms with Crippen LogP contribution in [0.4, 0.5) is 4.79 Å². The molecule has 0 saturated carbocycles. The average molecular weight is 214 g/mol. The third-order valence-corrected chi connectivity index (χ3v) is 2.22. The van der Waals surface area contributed by atoms with Gasteiger partial charge in [0.1, 0.15) is 6.10 Å². The van der Waals surface area contributed by atoms with Crippen molar-refractivity contribution in [2.45, 2.75) is 32.5 Å². The van der Waals surface area contributed by atoms with Crippen molar-refractivity contribution in [3.63, 3.8) is 0 Å². The van der Waals surface area contributed by atoms with Gasteiger partial charge in [0.2, 0.25) is 0 Å². The molecule has 0 unspecified atom stereocenters. The van der Waals surface area contributed by atoms with Gasteiger partial charge in [0.15, 0.2) is 5.60 Å². The first-order valence-corrected chi connectivity index (χ1v) is 4.73. The standard InChI is InChI=1S/C10H14O5/c1-4-13-8(11)5-6-10(3)7(2)14-9(12)15-10/h5-7H,4H2,1-3H3/b6-5+/t7-,10+/m1/s1. The van der Waals surface area contributed by atoms with E-state index in [1.165, 1.54) is 12.2 Å². The van der Waals surface area contributed by atoms with Crippen molar-refractivity contribution in [1.29, 1.82) is 0 Å². The molecule has 2 atom stereocenters. The number of carbonyl (C=O) groups excluding carboxylic acids is 2. The maximum Gasteiger partial charge on any atom is 0.509 e. The minimum absolute atomic E-state index is 0.311. The van der Waals surface area contributed by atoms with Crippen LogP contribution in [0.15, 0.2) is 12.2 Å². The van der Waals surface area contributed by atoms with Crippen LogP contribution in [0.25, 0.3) is 0 Å². The number of rotatable bonds is 3. The molecule has 0 radical (unpaired) electrons. The average Bonchev–Trinajstić information content (AvgIpc) is 2.39. The predicted molar refractivity (Wildman–Crippen MR) is 51.2 cm³/mol. The number of cyclic esters (lactones) is 2. The predicted octanol–water partition coefficient (Wildman–Crippen LogP) is 1.42. The Bertz CT molecular complexity index is 296. The minimum atomic E-state index is -0.899. The van der Waals surface area contributed by atoms with E-state index in [4.69, 9.17) is 14.2 Å². The Morgan fingerprint density at radius 2 is 2.33 bits per heavy atom. The van der Waals surface area contributed by atoms with E-state index in [2.05, 4.69) is 0 Å². The van der Waals surface area contributed by atoms with Crippen LogP contribution in [0.5, 0.6) is 0 Å². The van der Waals surface area contributed by atoms with Crippen LogP contribution in [0, 0.1) is 0 Å². The van der Waals surface area contributed by atoms with Gasteiger partial charge in [0.25, 0.3) is 0 Å². The summed E-state index contributed by atoms with van der Waals surface area (Å²) in [6, 6.07) is 0. The monoisotopic (exact) mass is 214 g/mol. The Labute approximate surface area is 88.0 Å². The smallest absolute Gasteiger partial charge is 0.463 e. The highest BCUT2D eigenvalue weighted by atomic mass is 16.8. The Kier molecular flexibility index (Phi) is 3.34. The highest BCUT2D eigenvalue weighted by molar-refractivity contribution is 5.82. The van der Waals surface area contributed by atoms with Gasteiger partial charge in [-0.3, -0.25) is 0 Å². The van der Waals surface area contributed by atoms with E-state index in [9.17, 15) is 9.59 Å². The first-order chi connectivity index (χ1) is 6.98. The molecule has 15 heavy (non-hydrogen) atoms. The number of esters is 1. The summed E-state index contributed by atoms with van der Waals surface area (Å²) in [6.07, 6.45) is 1.57. The number of hydrogen-bond donors (Lipinski definition) is 0. The van der Waals surface area contributed by atoms with Crippen molar-refractivity contribution in [3.05, 3.63) is 12.2 Å². The van der Waals surface area contributed by atoms with Gasteiger partial charge < -0.3 is 14.2 Å². The zero-order chi connectivity index (χ0) is 11.5. The molecule has 0 aliphatic carbocycles. The number of ether oxygens (including phenoxy) is 3. The van der Waals surface area contributed by atoms with E-state index in [1.54, 1.807) is 20.8 Å². The van der Waals surface area contributed by atoms with Crippen molar-refractivity contribution in [1.82, 2.24) is 0 Å². The Morgan fingerprint density at radius 1 is 1.67 bits per heavy atom. The summed E-state index contributed by atoms with van der Waals surface area (Å²) in [4.78, 5) is 21.9. The highest BCUT2D eigenvalue weighted by Crippen LogP contribution is 2.27. The topological polar surface area (TPSA) is 61.8 Å². The molecule has 1 aliphatic rings. The van der Waals surface area contributed by atoms with Crippen LogP contribution >= 0.6 is 0 Å². The van der Waals surface area contributed by atoms with Crippen LogP contribution in [0.3, 0.4) is 0 Å². The third-order valence-electron chi connectivity index (χ3n) is 2.22. The van der Waals surface area contributed by atoms with Crippen LogP contribution < -0.4 is 0 Å². The third kappa shape index (κ3) is 2.71. The van der Waals surface area contributed by atoms with Gasteiger partial charge in [-0.05, 0) is 26.8 Å². The second kappa shape index (κ2) is 4.33. The summed E-state index contributed by atoms with van der Waals surface area (Å²) in [5.41, 5.74) is -0.899. The second-order valence-corrected chi connectivity index (χ2v) is 3.38. The van der Waals surface area contributed by atoms with E-state index in [0.29, 0.717) is 6.61 Å². The fourth-order valence-electron chi connectivity index (χ4n) is 1.14. The molecule has 5 nitrogen and oxygen atoms in total. The van der Waals surface area contributed by atoms with Crippen LogP contribution in [0.1, 0.15) is 20.8 Å². The molecule has 0 N–H and O–H groups in total. The van der Waals surface area contributed by atoms with E-state index in [0.717, 1.165) is 0 Å². The van der Waals surface area contributed by atoms with Crippen LogP contribution in [-0.2, 0) is 19.0 Å². The molecule has 84 valence electrons. The van der Waals surface area contributed by atoms with Gasteiger partial charge in [0, 0.05) is 6.08 Å². The van der Waals surface area contributed by atoms with Crippen LogP contribution in [0.2, 0.25) is 0 Å². The molecule has 0 spiro atoms. The highest BCUT2D eigenvalue weighted by Gasteiger charge is 2.43. The summed E-state index contributed by atoms with van der Waals surface area (Å²) in [5.74, 6) is -0.464. The Morgan fingerprint density at radius 3 is 2.80 bits per heavy atom. The SMILES string of the molecule is CCOC(=O)/C=C/[C@]1(C)OC(=O)O[C@@H]1C. The van der Waals surface area contributed by atoms with Gasteiger partial charge in [-0.15, -0.1) is 0 Å². The lowest BCUT2D eigenvalue weighted by Crippen LogP contribution is -2.32. The second-order valence-electron chi connectivity index (χ2n) is 3.38. The fourth-order valence-corrected chi connectivity index (χ4v) is 1.14. The Hall–Kier alpha value is -1.52. The van der Waals surface area contributed by atoms with Crippen molar-refractivity contribution in [2.24, 2.45) is 0 Å². The molecule has 0 bridgehead atoms. The van der Waals surface area contributed by atoms with E-state index in [-0.39, 0.29) is 0 Å². The number of hydrogen-bond acceptors (Lipinski definition) is 5.